The third-order valence-corrected chi connectivity index (χ3v) is 3.72. The Labute approximate surface area is 140 Å². The Balaban J connectivity index is 2.74. The fourth-order valence-corrected chi connectivity index (χ4v) is 2.73. The fraction of sp³-hybridized carbons (Fsp3) is 0.412. The van der Waals surface area contributed by atoms with Crippen LogP contribution in [0.2, 0.25) is 0 Å². The van der Waals surface area contributed by atoms with Gasteiger partial charge in [-0.25, -0.2) is 4.79 Å². The molecule has 0 fully saturated rings. The van der Waals surface area contributed by atoms with E-state index in [1.165, 1.54) is 34.5 Å². The highest BCUT2D eigenvalue weighted by Crippen LogP contribution is 2.47. The predicted molar refractivity (Wildman–Crippen MR) is 84.9 cm³/mol. The van der Waals surface area contributed by atoms with Crippen LogP contribution in [0, 0.1) is 0 Å². The van der Waals surface area contributed by atoms with E-state index in [2.05, 4.69) is 0 Å². The average Bonchev–Trinajstić information content (AvgIpc) is 2.60. The normalized spacial score (nSPS) is 16.1. The molecule has 0 spiro atoms. The molecule has 130 valence electrons. The molecule has 2 rings (SSSR count). The highest BCUT2D eigenvalue weighted by Gasteiger charge is 2.38. The molecular formula is C17H20O7. The Morgan fingerprint density at radius 1 is 1.08 bits per heavy atom. The number of hydrogen-bond donors (Lipinski definition) is 0. The van der Waals surface area contributed by atoms with E-state index < -0.39 is 17.9 Å². The number of carbonyl (C=O) groups excluding carboxylic acids is 2. The lowest BCUT2D eigenvalue weighted by atomic mass is 9.86. The maximum absolute atomic E-state index is 12.7. The van der Waals surface area contributed by atoms with Gasteiger partial charge >= 0.3 is 5.97 Å². The van der Waals surface area contributed by atoms with E-state index in [1.807, 2.05) is 0 Å². The van der Waals surface area contributed by atoms with Crippen molar-refractivity contribution in [3.8, 4) is 17.2 Å². The highest BCUT2D eigenvalue weighted by atomic mass is 16.5. The van der Waals surface area contributed by atoms with Crippen molar-refractivity contribution in [3.63, 3.8) is 0 Å². The molecule has 1 aromatic rings. The van der Waals surface area contributed by atoms with Crippen LogP contribution in [0.3, 0.4) is 0 Å². The minimum absolute atomic E-state index is 0.113. The minimum Gasteiger partial charge on any atom is -0.496 e. The molecule has 1 aliphatic carbocycles. The van der Waals surface area contributed by atoms with Gasteiger partial charge in [0.1, 0.15) is 11.9 Å². The molecule has 0 aliphatic heterocycles. The summed E-state index contributed by atoms with van der Waals surface area (Å²) in [6.45, 7) is 1.88. The van der Waals surface area contributed by atoms with E-state index in [0.29, 0.717) is 17.1 Å². The maximum atomic E-state index is 12.7. The molecule has 0 radical (unpaired) electrons. The van der Waals surface area contributed by atoms with Gasteiger partial charge in [-0.1, -0.05) is 0 Å². The van der Waals surface area contributed by atoms with Crippen LogP contribution in [0.15, 0.2) is 17.7 Å². The number of benzene rings is 1. The van der Waals surface area contributed by atoms with Crippen LogP contribution in [-0.4, -0.2) is 46.8 Å². The summed E-state index contributed by atoms with van der Waals surface area (Å²) in [5.74, 6) is -0.0443. The molecule has 7 heteroatoms. The van der Waals surface area contributed by atoms with Gasteiger partial charge < -0.3 is 23.7 Å². The Morgan fingerprint density at radius 2 is 1.75 bits per heavy atom. The number of esters is 1. The number of fused-ring (bicyclic) bond motifs is 1. The molecule has 1 aromatic carbocycles. The van der Waals surface area contributed by atoms with E-state index in [9.17, 15) is 9.59 Å². The largest absolute Gasteiger partial charge is 0.496 e. The van der Waals surface area contributed by atoms with Crippen molar-refractivity contribution in [2.75, 3.05) is 35.0 Å². The zero-order valence-corrected chi connectivity index (χ0v) is 14.3. The molecular weight excluding hydrogens is 316 g/mol. The lowest BCUT2D eigenvalue weighted by Gasteiger charge is -2.28. The molecule has 0 aromatic heterocycles. The second-order valence-corrected chi connectivity index (χ2v) is 4.90. The van der Waals surface area contributed by atoms with Crippen molar-refractivity contribution in [2.45, 2.75) is 13.0 Å². The number of methoxy groups -OCH3 is 4. The van der Waals surface area contributed by atoms with Crippen molar-refractivity contribution < 1.29 is 33.3 Å². The van der Waals surface area contributed by atoms with Gasteiger partial charge in [-0.3, -0.25) is 4.79 Å². The summed E-state index contributed by atoms with van der Waals surface area (Å²) in [4.78, 5) is 24.8. The topological polar surface area (TPSA) is 80.3 Å². The lowest BCUT2D eigenvalue weighted by molar-refractivity contribution is -0.140. The molecule has 1 aliphatic rings. The van der Waals surface area contributed by atoms with Gasteiger partial charge in [0.05, 0.1) is 39.1 Å². The second-order valence-electron chi connectivity index (χ2n) is 4.90. The van der Waals surface area contributed by atoms with Gasteiger partial charge in [0.25, 0.3) is 0 Å². The molecule has 0 saturated heterocycles. The van der Waals surface area contributed by atoms with Crippen LogP contribution < -0.4 is 14.2 Å². The summed E-state index contributed by atoms with van der Waals surface area (Å²) in [5, 5.41) is 0. The van der Waals surface area contributed by atoms with E-state index in [1.54, 1.807) is 13.0 Å². The quantitative estimate of drug-likeness (QED) is 0.736. The van der Waals surface area contributed by atoms with Gasteiger partial charge in [-0.2, -0.15) is 0 Å². The number of allylic oxidation sites excluding steroid dienone is 1. The predicted octanol–water partition coefficient (Wildman–Crippen LogP) is 2.09. The van der Waals surface area contributed by atoms with Crippen LogP contribution in [0.1, 0.15) is 28.9 Å². The van der Waals surface area contributed by atoms with Crippen molar-refractivity contribution in [3.05, 3.63) is 28.8 Å². The number of carbonyl (C=O) groups is 2. The third-order valence-electron chi connectivity index (χ3n) is 3.72. The van der Waals surface area contributed by atoms with E-state index in [4.69, 9.17) is 23.7 Å². The molecule has 0 bridgehead atoms. The Morgan fingerprint density at radius 3 is 2.25 bits per heavy atom. The molecule has 0 heterocycles. The summed E-state index contributed by atoms with van der Waals surface area (Å²) in [6.07, 6.45) is 0.391. The van der Waals surface area contributed by atoms with Gasteiger partial charge in [-0.15, -0.1) is 0 Å². The van der Waals surface area contributed by atoms with E-state index in [-0.39, 0.29) is 23.5 Å². The first-order valence-electron chi connectivity index (χ1n) is 7.32. The summed E-state index contributed by atoms with van der Waals surface area (Å²) in [7, 11) is 5.80. The Kier molecular flexibility index (Phi) is 5.46. The van der Waals surface area contributed by atoms with Crippen LogP contribution in [0.4, 0.5) is 0 Å². The second kappa shape index (κ2) is 7.35. The number of hydrogen-bond acceptors (Lipinski definition) is 7. The first kappa shape index (κ1) is 17.8. The number of ether oxygens (including phenoxy) is 5. The molecule has 0 N–H and O–H groups in total. The molecule has 1 unspecified atom stereocenters. The van der Waals surface area contributed by atoms with Gasteiger partial charge in [-0.05, 0) is 13.0 Å². The Bertz CT molecular complexity index is 691. The summed E-state index contributed by atoms with van der Waals surface area (Å²) < 4.78 is 26.5. The van der Waals surface area contributed by atoms with E-state index in [0.717, 1.165) is 0 Å². The van der Waals surface area contributed by atoms with Crippen LogP contribution in [-0.2, 0) is 14.3 Å². The van der Waals surface area contributed by atoms with Crippen molar-refractivity contribution >= 4 is 11.8 Å². The average molecular weight is 336 g/mol. The molecule has 0 saturated carbocycles. The van der Waals surface area contributed by atoms with Gasteiger partial charge in [0, 0.05) is 18.7 Å². The zero-order chi connectivity index (χ0) is 17.9. The smallest absolute Gasteiger partial charge is 0.337 e. The first-order valence-corrected chi connectivity index (χ1v) is 7.32. The summed E-state index contributed by atoms with van der Waals surface area (Å²) in [5.41, 5.74) is 0.768. The van der Waals surface area contributed by atoms with E-state index >= 15 is 0 Å². The van der Waals surface area contributed by atoms with Crippen LogP contribution in [0.5, 0.6) is 17.2 Å². The molecule has 0 amide bonds. The van der Waals surface area contributed by atoms with Gasteiger partial charge in [0.2, 0.25) is 0 Å². The van der Waals surface area contributed by atoms with Gasteiger partial charge in [0.15, 0.2) is 17.3 Å². The van der Waals surface area contributed by atoms with Crippen molar-refractivity contribution in [1.82, 2.24) is 0 Å². The standard InChI is InChI=1S/C17H20O7/c1-6-24-17(19)9-7-10(18)13-14(15(9)22-4)11(20-2)8-12(21-3)16(13)23-5/h7-8,15H,6H2,1-5H3. The number of rotatable bonds is 6. The van der Waals surface area contributed by atoms with Crippen LogP contribution >= 0.6 is 0 Å². The molecule has 7 nitrogen and oxygen atoms in total. The lowest BCUT2D eigenvalue weighted by Crippen LogP contribution is -2.24. The molecule has 24 heavy (non-hydrogen) atoms. The Hall–Kier alpha value is -2.54. The van der Waals surface area contributed by atoms with Crippen LogP contribution in [0.25, 0.3) is 0 Å². The molecule has 1 atom stereocenters. The third kappa shape index (κ3) is 2.82. The zero-order valence-electron chi connectivity index (χ0n) is 14.3. The highest BCUT2D eigenvalue weighted by molar-refractivity contribution is 6.14. The van der Waals surface area contributed by atoms with Crippen molar-refractivity contribution in [2.24, 2.45) is 0 Å². The first-order chi connectivity index (χ1) is 11.5. The SMILES string of the molecule is CCOC(=O)C1=CC(=O)c2c(OC)c(OC)cc(OC)c2C1OC. The fourth-order valence-electron chi connectivity index (χ4n) is 2.73. The summed E-state index contributed by atoms with van der Waals surface area (Å²) >= 11 is 0. The monoisotopic (exact) mass is 336 g/mol. The maximum Gasteiger partial charge on any atom is 0.337 e. The number of ketones is 1. The summed E-state index contributed by atoms with van der Waals surface area (Å²) in [6, 6.07) is 1.59. The van der Waals surface area contributed by atoms with Crippen molar-refractivity contribution in [1.29, 1.82) is 0 Å². The minimum atomic E-state index is -0.813.